The van der Waals surface area contributed by atoms with Crippen LogP contribution in [0.2, 0.25) is 0 Å². The van der Waals surface area contributed by atoms with Gasteiger partial charge in [0.1, 0.15) is 5.82 Å². The van der Waals surface area contributed by atoms with Crippen molar-refractivity contribution in [2.45, 2.75) is 32.4 Å². The topological polar surface area (TPSA) is 63.5 Å². The summed E-state index contributed by atoms with van der Waals surface area (Å²) in [6, 6.07) is 10.8. The van der Waals surface area contributed by atoms with Crippen LogP contribution in [0.5, 0.6) is 0 Å². The van der Waals surface area contributed by atoms with Crippen LogP contribution in [-0.4, -0.2) is 21.8 Å². The standard InChI is InChI=1S/C18H17FN2O3/c1-12-10-13(6-9-17(12)21(23)24)18(22)20(15-7-8-15)11-14-4-2-3-5-16(14)19/h2-6,9-10,15H,7-8,11H2,1H3. The minimum Gasteiger partial charge on any atom is -0.331 e. The third kappa shape index (κ3) is 3.27. The third-order valence-corrected chi connectivity index (χ3v) is 4.19. The van der Waals surface area contributed by atoms with E-state index >= 15 is 0 Å². The van der Waals surface area contributed by atoms with Gasteiger partial charge in [0, 0.05) is 35.3 Å². The Morgan fingerprint density at radius 1 is 1.29 bits per heavy atom. The second kappa shape index (κ2) is 6.39. The van der Waals surface area contributed by atoms with E-state index in [1.807, 2.05) is 0 Å². The molecule has 0 heterocycles. The van der Waals surface area contributed by atoms with E-state index in [4.69, 9.17) is 0 Å². The highest BCUT2D eigenvalue weighted by molar-refractivity contribution is 5.95. The van der Waals surface area contributed by atoms with Gasteiger partial charge in [0.2, 0.25) is 0 Å². The van der Waals surface area contributed by atoms with E-state index in [0.29, 0.717) is 16.7 Å². The maximum Gasteiger partial charge on any atom is 0.272 e. The molecule has 0 saturated heterocycles. The average Bonchev–Trinajstić information content (AvgIpc) is 3.38. The van der Waals surface area contributed by atoms with E-state index in [1.165, 1.54) is 24.3 Å². The van der Waals surface area contributed by atoms with Crippen LogP contribution in [0.3, 0.4) is 0 Å². The molecule has 1 aliphatic carbocycles. The quantitative estimate of drug-likeness (QED) is 0.618. The SMILES string of the molecule is Cc1cc(C(=O)N(Cc2ccccc2F)C2CC2)ccc1[N+](=O)[O-]. The largest absolute Gasteiger partial charge is 0.331 e. The van der Waals surface area contributed by atoms with Gasteiger partial charge in [0.15, 0.2) is 0 Å². The highest BCUT2D eigenvalue weighted by Gasteiger charge is 2.33. The molecule has 0 atom stereocenters. The fraction of sp³-hybridized carbons (Fsp3) is 0.278. The van der Waals surface area contributed by atoms with Gasteiger partial charge in [-0.2, -0.15) is 0 Å². The molecule has 0 aliphatic heterocycles. The summed E-state index contributed by atoms with van der Waals surface area (Å²) >= 11 is 0. The van der Waals surface area contributed by atoms with Gasteiger partial charge in [0.25, 0.3) is 11.6 Å². The summed E-state index contributed by atoms with van der Waals surface area (Å²) in [5.74, 6) is -0.561. The van der Waals surface area contributed by atoms with Gasteiger partial charge in [-0.3, -0.25) is 14.9 Å². The zero-order valence-corrected chi connectivity index (χ0v) is 13.2. The van der Waals surface area contributed by atoms with Crippen molar-refractivity contribution in [3.05, 3.63) is 75.1 Å². The number of carbonyl (C=O) groups is 1. The van der Waals surface area contributed by atoms with E-state index in [-0.39, 0.29) is 30.0 Å². The van der Waals surface area contributed by atoms with Gasteiger partial charge in [-0.15, -0.1) is 0 Å². The van der Waals surface area contributed by atoms with Crippen molar-refractivity contribution < 1.29 is 14.1 Å². The number of carbonyl (C=O) groups excluding carboxylic acids is 1. The highest BCUT2D eigenvalue weighted by Crippen LogP contribution is 2.31. The number of amides is 1. The van der Waals surface area contributed by atoms with Crippen LogP contribution in [0.25, 0.3) is 0 Å². The number of nitrogens with zero attached hydrogens (tertiary/aromatic N) is 2. The third-order valence-electron chi connectivity index (χ3n) is 4.19. The number of hydrogen-bond donors (Lipinski definition) is 0. The molecule has 1 aliphatic rings. The monoisotopic (exact) mass is 328 g/mol. The molecule has 0 aromatic heterocycles. The molecule has 5 nitrogen and oxygen atoms in total. The first-order valence-corrected chi connectivity index (χ1v) is 7.77. The van der Waals surface area contributed by atoms with Crippen LogP contribution in [0.1, 0.15) is 34.3 Å². The van der Waals surface area contributed by atoms with Crippen molar-refractivity contribution >= 4 is 11.6 Å². The Kier molecular flexibility index (Phi) is 4.29. The maximum atomic E-state index is 13.9. The Bertz CT molecular complexity index is 803. The van der Waals surface area contributed by atoms with E-state index in [1.54, 1.807) is 30.0 Å². The predicted molar refractivity (Wildman–Crippen MR) is 87.1 cm³/mol. The number of nitro benzene ring substituents is 1. The first-order valence-electron chi connectivity index (χ1n) is 7.77. The molecule has 1 amide bonds. The predicted octanol–water partition coefficient (Wildman–Crippen LogP) is 3.85. The Labute approximate surface area is 138 Å². The lowest BCUT2D eigenvalue weighted by Crippen LogP contribution is -2.33. The molecule has 0 radical (unpaired) electrons. The number of aryl methyl sites for hydroxylation is 1. The van der Waals surface area contributed by atoms with Crippen LogP contribution < -0.4 is 0 Å². The van der Waals surface area contributed by atoms with Crippen molar-refractivity contribution in [3.63, 3.8) is 0 Å². The van der Waals surface area contributed by atoms with Crippen LogP contribution in [0, 0.1) is 22.9 Å². The molecule has 0 spiro atoms. The first kappa shape index (κ1) is 16.1. The zero-order chi connectivity index (χ0) is 17.3. The Balaban J connectivity index is 1.87. The summed E-state index contributed by atoms with van der Waals surface area (Å²) in [4.78, 5) is 24.9. The van der Waals surface area contributed by atoms with Crippen molar-refractivity contribution in [1.29, 1.82) is 0 Å². The van der Waals surface area contributed by atoms with E-state index in [2.05, 4.69) is 0 Å². The number of hydrogen-bond acceptors (Lipinski definition) is 3. The summed E-state index contributed by atoms with van der Waals surface area (Å²) in [5, 5.41) is 10.9. The van der Waals surface area contributed by atoms with Crippen LogP contribution >= 0.6 is 0 Å². The summed E-state index contributed by atoms with van der Waals surface area (Å²) in [5.41, 5.74) is 1.28. The van der Waals surface area contributed by atoms with Crippen molar-refractivity contribution in [2.24, 2.45) is 0 Å². The fourth-order valence-electron chi connectivity index (χ4n) is 2.72. The van der Waals surface area contributed by atoms with Crippen LogP contribution in [0.15, 0.2) is 42.5 Å². The number of benzene rings is 2. The second-order valence-electron chi connectivity index (χ2n) is 6.01. The maximum absolute atomic E-state index is 13.9. The molecular formula is C18H17FN2O3. The Morgan fingerprint density at radius 3 is 2.58 bits per heavy atom. The molecule has 24 heavy (non-hydrogen) atoms. The molecule has 0 unspecified atom stereocenters. The van der Waals surface area contributed by atoms with E-state index in [9.17, 15) is 19.3 Å². The normalized spacial score (nSPS) is 13.6. The number of halogens is 1. The Morgan fingerprint density at radius 2 is 2.00 bits per heavy atom. The summed E-state index contributed by atoms with van der Waals surface area (Å²) < 4.78 is 13.9. The molecule has 0 bridgehead atoms. The van der Waals surface area contributed by atoms with Gasteiger partial charge in [-0.1, -0.05) is 18.2 Å². The van der Waals surface area contributed by atoms with Crippen molar-refractivity contribution in [2.75, 3.05) is 0 Å². The molecule has 3 rings (SSSR count). The van der Waals surface area contributed by atoms with E-state index < -0.39 is 4.92 Å². The van der Waals surface area contributed by atoms with Gasteiger partial charge < -0.3 is 4.90 Å². The van der Waals surface area contributed by atoms with Crippen molar-refractivity contribution in [1.82, 2.24) is 4.90 Å². The lowest BCUT2D eigenvalue weighted by Gasteiger charge is -2.23. The van der Waals surface area contributed by atoms with Gasteiger partial charge in [-0.05, 0) is 38.0 Å². The highest BCUT2D eigenvalue weighted by atomic mass is 19.1. The summed E-state index contributed by atoms with van der Waals surface area (Å²) in [7, 11) is 0. The smallest absolute Gasteiger partial charge is 0.272 e. The van der Waals surface area contributed by atoms with Crippen LogP contribution in [0.4, 0.5) is 10.1 Å². The molecule has 0 N–H and O–H groups in total. The molecular weight excluding hydrogens is 311 g/mol. The Hall–Kier alpha value is -2.76. The lowest BCUT2D eigenvalue weighted by atomic mass is 10.1. The number of nitro groups is 1. The minimum absolute atomic E-state index is 0.0152. The molecule has 2 aromatic carbocycles. The molecule has 2 aromatic rings. The molecule has 1 saturated carbocycles. The average molecular weight is 328 g/mol. The van der Waals surface area contributed by atoms with Gasteiger partial charge in [-0.25, -0.2) is 4.39 Å². The molecule has 6 heteroatoms. The van der Waals surface area contributed by atoms with E-state index in [0.717, 1.165) is 12.8 Å². The number of rotatable bonds is 5. The summed E-state index contributed by atoms with van der Waals surface area (Å²) in [6.45, 7) is 1.81. The summed E-state index contributed by atoms with van der Waals surface area (Å²) in [6.07, 6.45) is 1.79. The van der Waals surface area contributed by atoms with Gasteiger partial charge >= 0.3 is 0 Å². The first-order chi connectivity index (χ1) is 11.5. The fourth-order valence-corrected chi connectivity index (χ4v) is 2.72. The zero-order valence-electron chi connectivity index (χ0n) is 13.2. The minimum atomic E-state index is -0.471. The molecule has 1 fully saturated rings. The lowest BCUT2D eigenvalue weighted by molar-refractivity contribution is -0.385. The van der Waals surface area contributed by atoms with Crippen LogP contribution in [-0.2, 0) is 6.54 Å². The van der Waals surface area contributed by atoms with Gasteiger partial charge in [0.05, 0.1) is 4.92 Å². The van der Waals surface area contributed by atoms with Crippen molar-refractivity contribution in [3.8, 4) is 0 Å². The molecule has 124 valence electrons. The second-order valence-corrected chi connectivity index (χ2v) is 6.01.